The summed E-state index contributed by atoms with van der Waals surface area (Å²) in [5.74, 6) is -2.76. The van der Waals surface area contributed by atoms with E-state index in [0.29, 0.717) is 5.56 Å². The first-order chi connectivity index (χ1) is 13.1. The second kappa shape index (κ2) is 8.77. The average molecular weight is 451 g/mol. The number of carbonyl (C=O) groups excluding carboxylic acids is 2. The number of nitrogens with one attached hydrogen (secondary N) is 1. The van der Waals surface area contributed by atoms with Gasteiger partial charge in [-0.1, -0.05) is 0 Å². The average Bonchev–Trinajstić information content (AvgIpc) is 2.59. The Kier molecular flexibility index (Phi) is 6.66. The standard InChI is InChI=1S/C18H18AsNO8/c1-11(21)20-16-10-14(22)7-8-15(16)19(26,27)28-17(23)9-4-12-2-5-13(6-3-12)18(24)25/h2-3,5-8,10,22H,4,9H2,1H3,(H,20,21)(H,24,25)(H,26,27). The first-order valence-electron chi connectivity index (χ1n) is 8.07. The SMILES string of the molecule is CC(=O)Nc1cc(O)ccc1[As](=O)(O)OC(=O)CCc1ccc(C(=O)O)cc1. The Morgan fingerprint density at radius 3 is 2.32 bits per heavy atom. The molecule has 2 rings (SSSR count). The normalized spacial score (nSPS) is 12.6. The van der Waals surface area contributed by atoms with Crippen LogP contribution in [-0.4, -0.2) is 46.3 Å². The summed E-state index contributed by atoms with van der Waals surface area (Å²) < 4.78 is 27.3. The van der Waals surface area contributed by atoms with E-state index in [2.05, 4.69) is 5.32 Å². The Bertz CT molecular complexity index is 955. The maximum absolute atomic E-state index is 12.5. The Labute approximate surface area is 163 Å². The number of carboxylic acid groups (broad SMARTS) is 1. The van der Waals surface area contributed by atoms with Crippen LogP contribution in [-0.2, 0) is 23.5 Å². The fourth-order valence-corrected chi connectivity index (χ4v) is 4.77. The molecule has 0 saturated heterocycles. The van der Waals surface area contributed by atoms with Crippen molar-refractivity contribution in [2.45, 2.75) is 19.8 Å². The van der Waals surface area contributed by atoms with E-state index in [1.165, 1.54) is 31.2 Å². The van der Waals surface area contributed by atoms with E-state index in [9.17, 15) is 27.3 Å². The summed E-state index contributed by atoms with van der Waals surface area (Å²) in [5, 5.41) is 20.7. The number of aryl methyl sites for hydroxylation is 1. The molecule has 0 aliphatic rings. The van der Waals surface area contributed by atoms with Gasteiger partial charge in [0, 0.05) is 0 Å². The molecule has 0 aliphatic heterocycles. The maximum atomic E-state index is 12.5. The molecule has 0 radical (unpaired) electrons. The van der Waals surface area contributed by atoms with Crippen LogP contribution in [0.4, 0.5) is 5.69 Å². The molecule has 4 N–H and O–H groups in total. The third-order valence-electron chi connectivity index (χ3n) is 3.64. The zero-order chi connectivity index (χ0) is 20.9. The molecule has 0 aliphatic carbocycles. The molecule has 148 valence electrons. The molecule has 0 spiro atoms. The van der Waals surface area contributed by atoms with Crippen LogP contribution in [0.15, 0.2) is 42.5 Å². The Morgan fingerprint density at radius 1 is 1.11 bits per heavy atom. The molecular formula is C18H18AsNO8. The summed E-state index contributed by atoms with van der Waals surface area (Å²) in [6.07, 6.45) is -0.0193. The van der Waals surface area contributed by atoms with E-state index in [4.69, 9.17) is 8.83 Å². The number of anilines is 1. The molecular weight excluding hydrogens is 433 g/mol. The number of benzene rings is 2. The van der Waals surface area contributed by atoms with E-state index in [1.54, 1.807) is 0 Å². The Balaban J connectivity index is 2.07. The van der Waals surface area contributed by atoms with Crippen molar-refractivity contribution in [3.05, 3.63) is 53.6 Å². The molecule has 2 aromatic rings. The van der Waals surface area contributed by atoms with E-state index in [0.717, 1.165) is 18.2 Å². The molecule has 1 unspecified atom stereocenters. The van der Waals surface area contributed by atoms with Crippen LogP contribution in [0.2, 0.25) is 0 Å². The zero-order valence-corrected chi connectivity index (χ0v) is 16.7. The Morgan fingerprint density at radius 2 is 1.75 bits per heavy atom. The van der Waals surface area contributed by atoms with Crippen molar-refractivity contribution in [2.75, 3.05) is 5.32 Å². The first kappa shape index (κ1) is 21.3. The van der Waals surface area contributed by atoms with Crippen LogP contribution in [0.1, 0.15) is 29.3 Å². The predicted octanol–water partition coefficient (Wildman–Crippen LogP) is 0.793. The summed E-state index contributed by atoms with van der Waals surface area (Å²) in [6.45, 7) is 1.19. The molecule has 0 bridgehead atoms. The van der Waals surface area contributed by atoms with Gasteiger partial charge in [-0.3, -0.25) is 0 Å². The third kappa shape index (κ3) is 5.73. The van der Waals surface area contributed by atoms with Crippen LogP contribution in [0.25, 0.3) is 0 Å². The van der Waals surface area contributed by atoms with Crippen molar-refractivity contribution >= 4 is 42.1 Å². The van der Waals surface area contributed by atoms with Gasteiger partial charge in [0.2, 0.25) is 0 Å². The van der Waals surface area contributed by atoms with Gasteiger partial charge in [-0.15, -0.1) is 0 Å². The zero-order valence-electron chi connectivity index (χ0n) is 14.8. The summed E-state index contributed by atoms with van der Waals surface area (Å²) in [5.41, 5.74) is 0.646. The quantitative estimate of drug-likeness (QED) is 0.452. The number of hydrogen-bond donors (Lipinski definition) is 4. The number of rotatable bonds is 7. The number of carboxylic acids is 1. The number of aromatic carboxylic acids is 1. The fraction of sp³-hybridized carbons (Fsp3) is 0.167. The molecule has 0 aromatic heterocycles. The molecule has 2 aromatic carbocycles. The van der Waals surface area contributed by atoms with Crippen LogP contribution >= 0.6 is 0 Å². The molecule has 0 fully saturated rings. The number of hydrogen-bond acceptors (Lipinski definition) is 6. The molecule has 10 heteroatoms. The number of phenolic OH excluding ortho intramolecular Hbond substituents is 1. The van der Waals surface area contributed by atoms with Crippen molar-refractivity contribution in [3.8, 4) is 5.75 Å². The van der Waals surface area contributed by atoms with Crippen molar-refractivity contribution in [2.24, 2.45) is 0 Å². The second-order valence-corrected chi connectivity index (χ2v) is 9.45. The molecule has 28 heavy (non-hydrogen) atoms. The van der Waals surface area contributed by atoms with Gasteiger partial charge in [0.15, 0.2) is 0 Å². The van der Waals surface area contributed by atoms with Gasteiger partial charge in [0.05, 0.1) is 0 Å². The van der Waals surface area contributed by atoms with Crippen molar-refractivity contribution in [3.63, 3.8) is 0 Å². The number of aromatic hydroxyl groups is 1. The number of phenols is 1. The minimum atomic E-state index is -5.34. The summed E-state index contributed by atoms with van der Waals surface area (Å²) in [6, 6.07) is 9.18. The van der Waals surface area contributed by atoms with E-state index in [-0.39, 0.29) is 34.2 Å². The van der Waals surface area contributed by atoms with Gasteiger partial charge in [-0.25, -0.2) is 0 Å². The fourth-order valence-electron chi connectivity index (χ4n) is 2.35. The minimum absolute atomic E-state index is 0.104. The molecule has 0 heterocycles. The van der Waals surface area contributed by atoms with Gasteiger partial charge >= 0.3 is 163 Å². The summed E-state index contributed by atoms with van der Waals surface area (Å²) in [7, 11) is 0. The van der Waals surface area contributed by atoms with Gasteiger partial charge in [-0.05, 0) is 0 Å². The van der Waals surface area contributed by atoms with Crippen LogP contribution < -0.4 is 9.67 Å². The first-order valence-corrected chi connectivity index (χ1v) is 11.4. The van der Waals surface area contributed by atoms with Crippen LogP contribution in [0.5, 0.6) is 5.75 Å². The van der Waals surface area contributed by atoms with E-state index in [1.807, 2.05) is 0 Å². The summed E-state index contributed by atoms with van der Waals surface area (Å²) in [4.78, 5) is 34.1. The number of amides is 1. The molecule has 1 atom stereocenters. The molecule has 1 amide bonds. The van der Waals surface area contributed by atoms with Crippen molar-refractivity contribution in [1.29, 1.82) is 0 Å². The van der Waals surface area contributed by atoms with E-state index < -0.39 is 32.0 Å². The van der Waals surface area contributed by atoms with Crippen LogP contribution in [0.3, 0.4) is 0 Å². The molecule has 0 saturated carbocycles. The van der Waals surface area contributed by atoms with Gasteiger partial charge < -0.3 is 0 Å². The van der Waals surface area contributed by atoms with Crippen LogP contribution in [0, 0.1) is 0 Å². The predicted molar refractivity (Wildman–Crippen MR) is 98.5 cm³/mol. The molecule has 9 nitrogen and oxygen atoms in total. The third-order valence-corrected chi connectivity index (χ3v) is 6.68. The van der Waals surface area contributed by atoms with Crippen molar-refractivity contribution < 1.29 is 36.2 Å². The Hall–Kier alpha value is -3.03. The second-order valence-electron chi connectivity index (χ2n) is 5.87. The van der Waals surface area contributed by atoms with Gasteiger partial charge in [0.25, 0.3) is 0 Å². The monoisotopic (exact) mass is 451 g/mol. The summed E-state index contributed by atoms with van der Waals surface area (Å²) >= 11 is -5.34. The van der Waals surface area contributed by atoms with Gasteiger partial charge in [-0.2, -0.15) is 0 Å². The van der Waals surface area contributed by atoms with Gasteiger partial charge in [0.1, 0.15) is 0 Å². The van der Waals surface area contributed by atoms with E-state index >= 15 is 0 Å². The number of carbonyl (C=O) groups is 3. The topological polar surface area (TPSA) is 150 Å². The van der Waals surface area contributed by atoms with Crippen molar-refractivity contribution in [1.82, 2.24) is 0 Å².